The van der Waals surface area contributed by atoms with Crippen LogP contribution in [0.1, 0.15) is 0 Å². The van der Waals surface area contributed by atoms with E-state index in [0.29, 0.717) is 6.07 Å². The first-order valence-corrected chi connectivity index (χ1v) is 6.19. The van der Waals surface area contributed by atoms with E-state index in [0.717, 1.165) is 12.1 Å². The molecular formula is C9H11ClF4N2O2S. The second kappa shape index (κ2) is 6.51. The van der Waals surface area contributed by atoms with Gasteiger partial charge < -0.3 is 5.73 Å². The van der Waals surface area contributed by atoms with E-state index in [-0.39, 0.29) is 12.4 Å². The molecule has 0 saturated heterocycles. The van der Waals surface area contributed by atoms with Crippen LogP contribution < -0.4 is 10.5 Å². The summed E-state index contributed by atoms with van der Waals surface area (Å²) in [6.07, 6.45) is 0. The maximum Gasteiger partial charge on any atom is 0.273 e. The third kappa shape index (κ3) is 4.60. The van der Waals surface area contributed by atoms with Gasteiger partial charge in [-0.25, -0.2) is 30.7 Å². The fourth-order valence-electron chi connectivity index (χ4n) is 1.04. The van der Waals surface area contributed by atoms with E-state index in [1.54, 1.807) is 0 Å². The lowest BCUT2D eigenvalue weighted by atomic mass is 10.3. The highest BCUT2D eigenvalue weighted by Crippen LogP contribution is 2.18. The van der Waals surface area contributed by atoms with Crippen LogP contribution in [0.3, 0.4) is 0 Å². The van der Waals surface area contributed by atoms with Crippen LogP contribution in [0.15, 0.2) is 23.1 Å². The van der Waals surface area contributed by atoms with Gasteiger partial charge in [-0.1, -0.05) is 6.07 Å². The summed E-state index contributed by atoms with van der Waals surface area (Å²) < 4.78 is 75.9. The Morgan fingerprint density at radius 3 is 2.37 bits per heavy atom. The Morgan fingerprint density at radius 2 is 1.84 bits per heavy atom. The third-order valence-electron chi connectivity index (χ3n) is 2.03. The Morgan fingerprint density at radius 1 is 1.26 bits per heavy atom. The molecule has 1 aromatic carbocycles. The number of rotatable bonds is 5. The molecule has 4 nitrogen and oxygen atoms in total. The van der Waals surface area contributed by atoms with Crippen LogP contribution in [0.25, 0.3) is 0 Å². The molecule has 1 rings (SSSR count). The molecule has 0 saturated carbocycles. The normalized spacial score (nSPS) is 12.1. The molecule has 0 heterocycles. The Labute approximate surface area is 113 Å². The lowest BCUT2D eigenvalue weighted by Crippen LogP contribution is -2.41. The van der Waals surface area contributed by atoms with Gasteiger partial charge in [0.1, 0.15) is 4.90 Å². The zero-order valence-corrected chi connectivity index (χ0v) is 11.0. The molecule has 0 unspecified atom stereocenters. The molecule has 0 atom stereocenters. The number of nitrogens with two attached hydrogens (primary N) is 1. The second-order valence-corrected chi connectivity index (χ2v) is 5.17. The molecule has 110 valence electrons. The zero-order chi connectivity index (χ0) is 14.0. The molecule has 0 amide bonds. The molecule has 0 fully saturated rings. The highest BCUT2D eigenvalue weighted by Gasteiger charge is 2.30. The van der Waals surface area contributed by atoms with Crippen LogP contribution >= 0.6 is 12.4 Å². The van der Waals surface area contributed by atoms with Crippen molar-refractivity contribution in [3.63, 3.8) is 0 Å². The van der Waals surface area contributed by atoms with Crippen molar-refractivity contribution in [1.29, 1.82) is 0 Å². The molecule has 3 N–H and O–H groups in total. The van der Waals surface area contributed by atoms with Gasteiger partial charge in [0, 0.05) is 0 Å². The van der Waals surface area contributed by atoms with Crippen molar-refractivity contribution in [2.75, 3.05) is 13.1 Å². The monoisotopic (exact) mass is 322 g/mol. The van der Waals surface area contributed by atoms with Gasteiger partial charge in [-0.2, -0.15) is 0 Å². The van der Waals surface area contributed by atoms with E-state index in [1.807, 2.05) is 0 Å². The molecule has 0 spiro atoms. The van der Waals surface area contributed by atoms with Crippen molar-refractivity contribution in [1.82, 2.24) is 4.72 Å². The van der Waals surface area contributed by atoms with E-state index in [1.165, 1.54) is 4.72 Å². The fraction of sp³-hybridized carbons (Fsp3) is 0.333. The summed E-state index contributed by atoms with van der Waals surface area (Å²) in [5.74, 6) is -6.47. The second-order valence-electron chi connectivity index (χ2n) is 3.44. The van der Waals surface area contributed by atoms with Gasteiger partial charge in [-0.15, -0.1) is 12.4 Å². The smallest absolute Gasteiger partial charge is 0.273 e. The van der Waals surface area contributed by atoms with Crippen molar-refractivity contribution in [2.45, 2.75) is 10.8 Å². The summed E-state index contributed by atoms with van der Waals surface area (Å²) >= 11 is 0. The maximum absolute atomic E-state index is 13.2. The number of nitrogens with one attached hydrogen (secondary N) is 1. The molecule has 0 radical (unpaired) electrons. The quantitative estimate of drug-likeness (QED) is 0.802. The molecule has 19 heavy (non-hydrogen) atoms. The topological polar surface area (TPSA) is 72.2 Å². The van der Waals surface area contributed by atoms with E-state index in [2.05, 4.69) is 0 Å². The summed E-state index contributed by atoms with van der Waals surface area (Å²) in [6.45, 7) is -2.36. The molecule has 0 aliphatic heterocycles. The van der Waals surface area contributed by atoms with Crippen LogP contribution in [-0.4, -0.2) is 27.4 Å². The predicted octanol–water partition coefficient (Wildman–Crippen LogP) is 1.26. The average Bonchev–Trinajstić information content (AvgIpc) is 2.30. The van der Waals surface area contributed by atoms with Gasteiger partial charge in [0.2, 0.25) is 10.0 Å². The number of halogens is 5. The van der Waals surface area contributed by atoms with Gasteiger partial charge in [0.25, 0.3) is 5.92 Å². The van der Waals surface area contributed by atoms with Gasteiger partial charge in [-0.3, -0.25) is 0 Å². The van der Waals surface area contributed by atoms with Crippen molar-refractivity contribution in [2.24, 2.45) is 5.73 Å². The summed E-state index contributed by atoms with van der Waals surface area (Å²) in [5, 5.41) is 0. The third-order valence-corrected chi connectivity index (χ3v) is 3.44. The maximum atomic E-state index is 13.2. The van der Waals surface area contributed by atoms with Crippen LogP contribution in [0.4, 0.5) is 17.6 Å². The number of sulfonamides is 1. The van der Waals surface area contributed by atoms with Crippen molar-refractivity contribution >= 4 is 22.4 Å². The molecular weight excluding hydrogens is 312 g/mol. The average molecular weight is 323 g/mol. The van der Waals surface area contributed by atoms with Gasteiger partial charge in [0.05, 0.1) is 13.1 Å². The van der Waals surface area contributed by atoms with E-state index < -0.39 is 45.6 Å². The molecule has 1 aromatic rings. The fourth-order valence-corrected chi connectivity index (χ4v) is 2.19. The highest BCUT2D eigenvalue weighted by molar-refractivity contribution is 7.89. The van der Waals surface area contributed by atoms with Crippen molar-refractivity contribution in [3.8, 4) is 0 Å². The van der Waals surface area contributed by atoms with Crippen LogP contribution in [0, 0.1) is 11.6 Å². The standard InChI is InChI=1S/C9H10F4N2O2S.ClH/c10-6-2-1-3-7(8(6)11)18(16,17)15-5-9(12,13)4-14;/h1-3,15H,4-5,14H2;1H. The van der Waals surface area contributed by atoms with Crippen molar-refractivity contribution < 1.29 is 26.0 Å². The lowest BCUT2D eigenvalue weighted by Gasteiger charge is -2.15. The number of alkyl halides is 2. The zero-order valence-electron chi connectivity index (χ0n) is 9.37. The summed E-state index contributed by atoms with van der Waals surface area (Å²) in [5.41, 5.74) is 4.71. The molecule has 0 aliphatic carbocycles. The number of hydrogen-bond donors (Lipinski definition) is 2. The minimum atomic E-state index is -4.56. The van der Waals surface area contributed by atoms with Crippen LogP contribution in [0.5, 0.6) is 0 Å². The molecule has 0 aromatic heterocycles. The Bertz CT molecular complexity index is 539. The van der Waals surface area contributed by atoms with Gasteiger partial charge in [-0.05, 0) is 12.1 Å². The van der Waals surface area contributed by atoms with E-state index in [4.69, 9.17) is 5.73 Å². The molecule has 0 aliphatic rings. The van der Waals surface area contributed by atoms with Gasteiger partial charge >= 0.3 is 0 Å². The van der Waals surface area contributed by atoms with Crippen LogP contribution in [-0.2, 0) is 10.0 Å². The minimum absolute atomic E-state index is 0. The Balaban J connectivity index is 0.00000324. The first-order valence-electron chi connectivity index (χ1n) is 4.71. The number of benzene rings is 1. The summed E-state index contributed by atoms with van der Waals surface area (Å²) in [7, 11) is -4.56. The molecule has 10 heteroatoms. The summed E-state index contributed by atoms with van der Waals surface area (Å²) in [4.78, 5) is -1.03. The highest BCUT2D eigenvalue weighted by atomic mass is 35.5. The first-order chi connectivity index (χ1) is 8.19. The predicted molar refractivity (Wildman–Crippen MR) is 62.8 cm³/mol. The SMILES string of the molecule is Cl.NCC(F)(F)CNS(=O)(=O)c1cccc(F)c1F. The Hall–Kier alpha value is -0.900. The Kier molecular flexibility index (Phi) is 6.20. The van der Waals surface area contributed by atoms with E-state index in [9.17, 15) is 26.0 Å². The van der Waals surface area contributed by atoms with Gasteiger partial charge in [0.15, 0.2) is 11.6 Å². The first kappa shape index (κ1) is 18.1. The van der Waals surface area contributed by atoms with Crippen LogP contribution in [0.2, 0.25) is 0 Å². The summed E-state index contributed by atoms with van der Waals surface area (Å²) in [6, 6.07) is 2.43. The van der Waals surface area contributed by atoms with E-state index >= 15 is 0 Å². The molecule has 0 bridgehead atoms. The van der Waals surface area contributed by atoms with Crippen molar-refractivity contribution in [3.05, 3.63) is 29.8 Å². The number of hydrogen-bond acceptors (Lipinski definition) is 3. The largest absolute Gasteiger partial charge is 0.325 e. The lowest BCUT2D eigenvalue weighted by molar-refractivity contribution is 0.0170. The minimum Gasteiger partial charge on any atom is -0.325 e.